The Labute approximate surface area is 162 Å². The molecule has 1 fully saturated rings. The van der Waals surface area contributed by atoms with Crippen molar-refractivity contribution in [3.05, 3.63) is 34.9 Å². The monoisotopic (exact) mass is 372 g/mol. The number of nitrogens with one attached hydrogen (secondary N) is 1. The van der Waals surface area contributed by atoms with Gasteiger partial charge in [-0.25, -0.2) is 0 Å². The normalized spacial score (nSPS) is 21.2. The van der Waals surface area contributed by atoms with Crippen molar-refractivity contribution in [2.75, 3.05) is 26.2 Å². The summed E-state index contributed by atoms with van der Waals surface area (Å²) in [5, 5.41) is 3.12. The molecule has 0 unspecified atom stereocenters. The number of rotatable bonds is 6. The second-order valence-corrected chi connectivity index (χ2v) is 7.85. The molecule has 5 heteroatoms. The van der Waals surface area contributed by atoms with Gasteiger partial charge in [0.1, 0.15) is 0 Å². The molecule has 0 saturated carbocycles. The Morgan fingerprint density at radius 3 is 2.78 bits per heavy atom. The number of carbonyl (C=O) groups is 2. The molecule has 1 aromatic rings. The van der Waals surface area contributed by atoms with Gasteiger partial charge in [0.2, 0.25) is 5.91 Å². The van der Waals surface area contributed by atoms with Crippen LogP contribution in [-0.2, 0) is 27.2 Å². The fourth-order valence-corrected chi connectivity index (χ4v) is 4.25. The Hall–Kier alpha value is -1.88. The summed E-state index contributed by atoms with van der Waals surface area (Å²) in [7, 11) is 0. The first kappa shape index (κ1) is 19.9. The summed E-state index contributed by atoms with van der Waals surface area (Å²) in [5.41, 5.74) is 4.07. The highest BCUT2D eigenvalue weighted by Gasteiger charge is 2.28. The third-order valence-electron chi connectivity index (χ3n) is 5.74. The molecular formula is C22H32N2O3. The highest BCUT2D eigenvalue weighted by atomic mass is 16.5. The number of likely N-dealkylation sites (tertiary alicyclic amines) is 1. The van der Waals surface area contributed by atoms with Gasteiger partial charge < -0.3 is 10.1 Å². The summed E-state index contributed by atoms with van der Waals surface area (Å²) >= 11 is 0. The molecule has 2 atom stereocenters. The molecule has 0 radical (unpaired) electrons. The van der Waals surface area contributed by atoms with Gasteiger partial charge in [0, 0.05) is 6.54 Å². The van der Waals surface area contributed by atoms with Crippen LogP contribution in [0, 0.1) is 5.92 Å². The van der Waals surface area contributed by atoms with Crippen LogP contribution in [0.2, 0.25) is 0 Å². The molecule has 1 amide bonds. The Balaban J connectivity index is 1.52. The first-order chi connectivity index (χ1) is 13.1. The zero-order valence-electron chi connectivity index (χ0n) is 16.6. The first-order valence-electron chi connectivity index (χ1n) is 10.4. The number of hydrogen-bond donors (Lipinski definition) is 1. The highest BCUT2D eigenvalue weighted by Crippen LogP contribution is 2.25. The van der Waals surface area contributed by atoms with E-state index in [0.717, 1.165) is 25.8 Å². The smallest absolute Gasteiger partial charge is 0.310 e. The lowest BCUT2D eigenvalue weighted by Crippen LogP contribution is -2.45. The van der Waals surface area contributed by atoms with Gasteiger partial charge in [0.05, 0.1) is 25.1 Å². The van der Waals surface area contributed by atoms with E-state index in [2.05, 4.69) is 28.4 Å². The molecule has 1 aliphatic heterocycles. The van der Waals surface area contributed by atoms with Crippen molar-refractivity contribution < 1.29 is 14.3 Å². The molecule has 0 bridgehead atoms. The van der Waals surface area contributed by atoms with Gasteiger partial charge in [-0.3, -0.25) is 14.5 Å². The number of carbonyl (C=O) groups excluding carboxylic acids is 2. The lowest BCUT2D eigenvalue weighted by atomic mass is 9.89. The fourth-order valence-electron chi connectivity index (χ4n) is 4.25. The molecule has 0 aromatic heterocycles. The van der Waals surface area contributed by atoms with Crippen LogP contribution in [0.3, 0.4) is 0 Å². The van der Waals surface area contributed by atoms with Crippen LogP contribution in [0.1, 0.15) is 62.3 Å². The number of nitrogens with zero attached hydrogens (tertiary/aromatic N) is 1. The molecule has 1 saturated heterocycles. The van der Waals surface area contributed by atoms with Crippen molar-refractivity contribution in [1.29, 1.82) is 0 Å². The van der Waals surface area contributed by atoms with E-state index < -0.39 is 0 Å². The summed E-state index contributed by atoms with van der Waals surface area (Å²) in [6.07, 6.45) is 6.63. The summed E-state index contributed by atoms with van der Waals surface area (Å²) in [5.74, 6) is -0.223. The largest absolute Gasteiger partial charge is 0.466 e. The van der Waals surface area contributed by atoms with E-state index in [4.69, 9.17) is 4.74 Å². The minimum absolute atomic E-state index is 0.00429. The van der Waals surface area contributed by atoms with Gasteiger partial charge in [0.15, 0.2) is 0 Å². The Bertz CT molecular complexity index is 674. The standard InChI is InChI=1S/C22H32N2O3/c1-3-27-22(26)20-9-6-12-24(14-20)15-21(25)23-16(2)18-11-10-17-7-4-5-8-19(17)13-18/h10-11,13,16,20H,3-9,12,14-15H2,1-2H3,(H,23,25)/t16-,20+/m0/s1. The summed E-state index contributed by atoms with van der Waals surface area (Å²) in [4.78, 5) is 26.5. The van der Waals surface area contributed by atoms with Gasteiger partial charge in [-0.05, 0) is 75.6 Å². The number of piperidine rings is 1. The number of amides is 1. The predicted molar refractivity (Wildman–Crippen MR) is 105 cm³/mol. The SMILES string of the molecule is CCOC(=O)[C@@H]1CCCN(CC(=O)N[C@@H](C)c2ccc3c(c2)CCCC3)C1. The highest BCUT2D eigenvalue weighted by molar-refractivity contribution is 5.79. The minimum atomic E-state index is -0.134. The van der Waals surface area contributed by atoms with Gasteiger partial charge in [-0.2, -0.15) is 0 Å². The number of aryl methyl sites for hydroxylation is 2. The maximum atomic E-state index is 12.5. The van der Waals surface area contributed by atoms with Crippen molar-refractivity contribution in [2.24, 2.45) is 5.92 Å². The van der Waals surface area contributed by atoms with E-state index >= 15 is 0 Å². The van der Waals surface area contributed by atoms with Crippen LogP contribution >= 0.6 is 0 Å². The van der Waals surface area contributed by atoms with Gasteiger partial charge in [0.25, 0.3) is 0 Å². The van der Waals surface area contributed by atoms with Crippen LogP contribution in [0.25, 0.3) is 0 Å². The van der Waals surface area contributed by atoms with Crippen LogP contribution < -0.4 is 5.32 Å². The van der Waals surface area contributed by atoms with Crippen molar-refractivity contribution in [1.82, 2.24) is 10.2 Å². The molecule has 2 aliphatic rings. The van der Waals surface area contributed by atoms with Crippen LogP contribution in [-0.4, -0.2) is 43.0 Å². The summed E-state index contributed by atoms with van der Waals surface area (Å²) < 4.78 is 5.14. The number of fused-ring (bicyclic) bond motifs is 1. The maximum Gasteiger partial charge on any atom is 0.310 e. The lowest BCUT2D eigenvalue weighted by Gasteiger charge is -2.31. The fraction of sp³-hybridized carbons (Fsp3) is 0.636. The quantitative estimate of drug-likeness (QED) is 0.780. The number of ether oxygens (including phenoxy) is 1. The topological polar surface area (TPSA) is 58.6 Å². The molecule has 1 heterocycles. The van der Waals surface area contributed by atoms with Crippen molar-refractivity contribution in [3.8, 4) is 0 Å². The molecule has 3 rings (SSSR count). The molecular weight excluding hydrogens is 340 g/mol. The first-order valence-corrected chi connectivity index (χ1v) is 10.4. The van der Waals surface area contributed by atoms with Crippen LogP contribution in [0.15, 0.2) is 18.2 Å². The summed E-state index contributed by atoms with van der Waals surface area (Å²) in [6.45, 7) is 6.09. The average molecular weight is 373 g/mol. The van der Waals surface area contributed by atoms with Gasteiger partial charge in [-0.1, -0.05) is 18.2 Å². The molecule has 148 valence electrons. The van der Waals surface area contributed by atoms with Crippen molar-refractivity contribution >= 4 is 11.9 Å². The second-order valence-electron chi connectivity index (χ2n) is 7.85. The second kappa shape index (κ2) is 9.36. The van der Waals surface area contributed by atoms with Gasteiger partial charge in [-0.15, -0.1) is 0 Å². The molecule has 1 N–H and O–H groups in total. The van der Waals surface area contributed by atoms with Gasteiger partial charge >= 0.3 is 5.97 Å². The number of esters is 1. The zero-order chi connectivity index (χ0) is 19.2. The van der Waals surface area contributed by atoms with E-state index in [9.17, 15) is 9.59 Å². The Morgan fingerprint density at radius 1 is 1.22 bits per heavy atom. The average Bonchev–Trinajstić information content (AvgIpc) is 2.68. The Kier molecular flexibility index (Phi) is 6.89. The minimum Gasteiger partial charge on any atom is -0.466 e. The van der Waals surface area contributed by atoms with Crippen molar-refractivity contribution in [2.45, 2.75) is 58.4 Å². The molecule has 27 heavy (non-hydrogen) atoms. The molecule has 1 aliphatic carbocycles. The number of benzene rings is 1. The molecule has 5 nitrogen and oxygen atoms in total. The zero-order valence-corrected chi connectivity index (χ0v) is 16.6. The lowest BCUT2D eigenvalue weighted by molar-refractivity contribution is -0.150. The van der Waals surface area contributed by atoms with Crippen LogP contribution in [0.4, 0.5) is 0 Å². The molecule has 1 aromatic carbocycles. The van der Waals surface area contributed by atoms with Crippen LogP contribution in [0.5, 0.6) is 0 Å². The predicted octanol–water partition coefficient (Wildman–Crippen LogP) is 3.02. The maximum absolute atomic E-state index is 12.5. The van der Waals surface area contributed by atoms with E-state index in [0.29, 0.717) is 19.7 Å². The third kappa shape index (κ3) is 5.32. The van der Waals surface area contributed by atoms with E-state index in [1.165, 1.54) is 36.0 Å². The Morgan fingerprint density at radius 2 is 2.00 bits per heavy atom. The van der Waals surface area contributed by atoms with Crippen molar-refractivity contribution in [3.63, 3.8) is 0 Å². The number of hydrogen-bond acceptors (Lipinski definition) is 4. The van der Waals surface area contributed by atoms with E-state index in [1.54, 1.807) is 0 Å². The molecule has 0 spiro atoms. The van der Waals surface area contributed by atoms with E-state index in [1.807, 2.05) is 13.8 Å². The van der Waals surface area contributed by atoms with E-state index in [-0.39, 0.29) is 23.8 Å². The third-order valence-corrected chi connectivity index (χ3v) is 5.74. The summed E-state index contributed by atoms with van der Waals surface area (Å²) in [6, 6.07) is 6.63.